The Kier molecular flexibility index (Phi) is 4.22. The number of piperidine rings is 1. The number of carbonyl (C=O) groups is 1. The summed E-state index contributed by atoms with van der Waals surface area (Å²) >= 11 is 5.87. The molecule has 0 unspecified atom stereocenters. The lowest BCUT2D eigenvalue weighted by molar-refractivity contribution is -0.0612. The molecule has 5 heteroatoms. The van der Waals surface area contributed by atoms with Crippen molar-refractivity contribution in [2.45, 2.75) is 58.0 Å². The number of nitrogens with one attached hydrogen (secondary N) is 1. The first kappa shape index (κ1) is 16.1. The van der Waals surface area contributed by atoms with Crippen molar-refractivity contribution in [3.05, 3.63) is 28.8 Å². The van der Waals surface area contributed by atoms with Gasteiger partial charge in [0.25, 0.3) is 5.91 Å². The summed E-state index contributed by atoms with van der Waals surface area (Å²) in [5, 5.41) is 11.7. The maximum atomic E-state index is 12.5. The molecule has 1 aliphatic heterocycles. The molecule has 0 spiro atoms. The second kappa shape index (κ2) is 5.50. The molecule has 0 saturated carbocycles. The Morgan fingerprint density at radius 1 is 1.24 bits per heavy atom. The highest BCUT2D eigenvalue weighted by Gasteiger charge is 2.42. The minimum atomic E-state index is -0.208. The number of hydrazine groups is 1. The van der Waals surface area contributed by atoms with E-state index in [2.05, 4.69) is 33.1 Å². The first-order valence-electron chi connectivity index (χ1n) is 7.23. The van der Waals surface area contributed by atoms with Gasteiger partial charge in [-0.2, -0.15) is 0 Å². The highest BCUT2D eigenvalue weighted by molar-refractivity contribution is 6.32. The molecule has 1 amide bonds. The van der Waals surface area contributed by atoms with Gasteiger partial charge in [0.15, 0.2) is 0 Å². The van der Waals surface area contributed by atoms with Gasteiger partial charge in [-0.15, -0.1) is 0 Å². The molecule has 4 nitrogen and oxygen atoms in total. The predicted octanol–water partition coefficient (Wildman–Crippen LogP) is 3.73. The lowest BCUT2D eigenvalue weighted by atomic mass is 9.81. The van der Waals surface area contributed by atoms with E-state index in [1.807, 2.05) is 5.01 Å². The van der Waals surface area contributed by atoms with Crippen LogP contribution in [-0.2, 0) is 0 Å². The van der Waals surface area contributed by atoms with Crippen molar-refractivity contribution in [2.24, 2.45) is 0 Å². The smallest absolute Gasteiger partial charge is 0.265 e. The maximum Gasteiger partial charge on any atom is 0.265 e. The Bertz CT molecular complexity index is 539. The third-order valence-electron chi connectivity index (χ3n) is 4.21. The van der Waals surface area contributed by atoms with E-state index in [9.17, 15) is 9.90 Å². The van der Waals surface area contributed by atoms with Crippen molar-refractivity contribution in [1.29, 1.82) is 0 Å². The summed E-state index contributed by atoms with van der Waals surface area (Å²) in [4.78, 5) is 12.5. The number of nitrogens with zero attached hydrogens (tertiary/aromatic N) is 1. The average Bonchev–Trinajstić information content (AvgIpc) is 2.36. The van der Waals surface area contributed by atoms with Gasteiger partial charge >= 0.3 is 0 Å². The lowest BCUT2D eigenvalue weighted by Crippen LogP contribution is -2.65. The lowest BCUT2D eigenvalue weighted by Gasteiger charge is -2.52. The number of hydrogen-bond acceptors (Lipinski definition) is 3. The second-order valence-electron chi connectivity index (χ2n) is 6.92. The van der Waals surface area contributed by atoms with Crippen LogP contribution in [0.15, 0.2) is 18.2 Å². The van der Waals surface area contributed by atoms with Crippen LogP contribution in [0.4, 0.5) is 0 Å². The zero-order chi connectivity index (χ0) is 15.8. The van der Waals surface area contributed by atoms with Crippen molar-refractivity contribution in [1.82, 2.24) is 10.4 Å². The number of aromatic hydroxyl groups is 1. The van der Waals surface area contributed by atoms with Gasteiger partial charge in [0, 0.05) is 16.6 Å². The third kappa shape index (κ3) is 3.33. The van der Waals surface area contributed by atoms with Crippen LogP contribution in [0.25, 0.3) is 0 Å². The van der Waals surface area contributed by atoms with Crippen LogP contribution in [0.5, 0.6) is 5.75 Å². The zero-order valence-corrected chi connectivity index (χ0v) is 13.8. The molecular weight excluding hydrogens is 288 g/mol. The van der Waals surface area contributed by atoms with Gasteiger partial charge < -0.3 is 5.11 Å². The van der Waals surface area contributed by atoms with E-state index in [1.165, 1.54) is 12.1 Å². The average molecular weight is 311 g/mol. The molecule has 1 aromatic rings. The molecule has 21 heavy (non-hydrogen) atoms. The molecular formula is C16H23ClN2O2. The van der Waals surface area contributed by atoms with E-state index in [0.29, 0.717) is 5.56 Å². The Hall–Kier alpha value is -1.26. The van der Waals surface area contributed by atoms with Gasteiger partial charge in [0.05, 0.1) is 5.02 Å². The molecule has 0 radical (unpaired) electrons. The molecule has 1 saturated heterocycles. The summed E-state index contributed by atoms with van der Waals surface area (Å²) in [5.41, 5.74) is 3.26. The molecule has 0 atom stereocenters. The fourth-order valence-corrected chi connectivity index (χ4v) is 3.29. The van der Waals surface area contributed by atoms with E-state index < -0.39 is 0 Å². The van der Waals surface area contributed by atoms with Crippen LogP contribution < -0.4 is 5.43 Å². The molecule has 1 fully saturated rings. The third-order valence-corrected chi connectivity index (χ3v) is 4.51. The number of benzene rings is 1. The molecule has 0 aromatic heterocycles. The first-order chi connectivity index (χ1) is 9.63. The maximum absolute atomic E-state index is 12.5. The standard InChI is InChI=1S/C16H23ClN2O2/c1-15(2)8-5-9-16(3,4)19(15)18-14(21)11-6-7-13(20)12(17)10-11/h6-7,10,20H,5,8-9H2,1-4H3,(H,18,21). The first-order valence-corrected chi connectivity index (χ1v) is 7.61. The summed E-state index contributed by atoms with van der Waals surface area (Å²) in [6, 6.07) is 4.49. The van der Waals surface area contributed by atoms with Crippen molar-refractivity contribution in [2.75, 3.05) is 0 Å². The van der Waals surface area contributed by atoms with Gasteiger partial charge in [0.2, 0.25) is 0 Å². The highest BCUT2D eigenvalue weighted by atomic mass is 35.5. The summed E-state index contributed by atoms with van der Waals surface area (Å²) in [7, 11) is 0. The Labute approximate surface area is 131 Å². The van der Waals surface area contributed by atoms with Crippen LogP contribution in [0, 0.1) is 0 Å². The molecule has 2 rings (SSSR count). The van der Waals surface area contributed by atoms with Gasteiger partial charge in [0.1, 0.15) is 5.75 Å². The topological polar surface area (TPSA) is 52.6 Å². The monoisotopic (exact) mass is 310 g/mol. The number of carbonyl (C=O) groups excluding carboxylic acids is 1. The predicted molar refractivity (Wildman–Crippen MR) is 84.4 cm³/mol. The van der Waals surface area contributed by atoms with E-state index in [-0.39, 0.29) is 27.8 Å². The largest absolute Gasteiger partial charge is 0.506 e. The number of phenolic OH excluding ortho intramolecular Hbond substituents is 1. The molecule has 2 N–H and O–H groups in total. The minimum absolute atomic E-state index is 0.0214. The van der Waals surface area contributed by atoms with E-state index >= 15 is 0 Å². The van der Waals surface area contributed by atoms with Gasteiger partial charge in [-0.3, -0.25) is 10.2 Å². The van der Waals surface area contributed by atoms with Gasteiger partial charge in [-0.1, -0.05) is 11.6 Å². The fourth-order valence-electron chi connectivity index (χ4n) is 3.11. The van der Waals surface area contributed by atoms with E-state index in [1.54, 1.807) is 6.07 Å². The summed E-state index contributed by atoms with van der Waals surface area (Å²) in [5.74, 6) is -0.230. The van der Waals surface area contributed by atoms with E-state index in [4.69, 9.17) is 11.6 Å². The molecule has 0 bridgehead atoms. The number of hydrogen-bond donors (Lipinski definition) is 2. The highest BCUT2D eigenvalue weighted by Crippen LogP contribution is 2.36. The van der Waals surface area contributed by atoms with Crippen LogP contribution >= 0.6 is 11.6 Å². The molecule has 1 aromatic carbocycles. The number of rotatable bonds is 2. The van der Waals surface area contributed by atoms with E-state index in [0.717, 1.165) is 19.3 Å². The normalized spacial score (nSPS) is 21.0. The van der Waals surface area contributed by atoms with Crippen LogP contribution in [-0.4, -0.2) is 27.1 Å². The van der Waals surface area contributed by atoms with Gasteiger partial charge in [-0.25, -0.2) is 5.01 Å². The summed E-state index contributed by atoms with van der Waals surface area (Å²) in [6.45, 7) is 8.55. The van der Waals surface area contributed by atoms with Crippen LogP contribution in [0.1, 0.15) is 57.3 Å². The zero-order valence-electron chi connectivity index (χ0n) is 13.0. The van der Waals surface area contributed by atoms with Crippen molar-refractivity contribution in [3.63, 3.8) is 0 Å². The summed E-state index contributed by atoms with van der Waals surface area (Å²) < 4.78 is 0. The second-order valence-corrected chi connectivity index (χ2v) is 7.33. The Morgan fingerprint density at radius 3 is 2.33 bits per heavy atom. The van der Waals surface area contributed by atoms with Crippen molar-refractivity contribution < 1.29 is 9.90 Å². The molecule has 1 aliphatic rings. The number of phenols is 1. The summed E-state index contributed by atoms with van der Waals surface area (Å²) in [6.07, 6.45) is 3.22. The molecule has 116 valence electrons. The Balaban J connectivity index is 2.22. The van der Waals surface area contributed by atoms with Crippen LogP contribution in [0.3, 0.4) is 0 Å². The quantitative estimate of drug-likeness (QED) is 0.875. The van der Waals surface area contributed by atoms with Crippen LogP contribution in [0.2, 0.25) is 5.02 Å². The fraction of sp³-hybridized carbons (Fsp3) is 0.562. The SMILES string of the molecule is CC1(C)CCCC(C)(C)N1NC(=O)c1ccc(O)c(Cl)c1. The minimum Gasteiger partial charge on any atom is -0.506 e. The van der Waals surface area contributed by atoms with Crippen molar-refractivity contribution >= 4 is 17.5 Å². The van der Waals surface area contributed by atoms with Gasteiger partial charge in [-0.05, 0) is 65.2 Å². The number of amides is 1. The number of halogens is 1. The molecule has 0 aliphatic carbocycles. The molecule has 1 heterocycles. The Morgan fingerprint density at radius 2 is 1.81 bits per heavy atom. The van der Waals surface area contributed by atoms with Crippen molar-refractivity contribution in [3.8, 4) is 5.75 Å².